The number of rotatable bonds is 4. The highest BCUT2D eigenvalue weighted by atomic mass is 16.3. The lowest BCUT2D eigenvalue weighted by molar-refractivity contribution is 0.0559. The van der Waals surface area contributed by atoms with Gasteiger partial charge in [0.15, 0.2) is 0 Å². The van der Waals surface area contributed by atoms with E-state index in [0.717, 1.165) is 36.9 Å². The van der Waals surface area contributed by atoms with Gasteiger partial charge in [0.2, 0.25) is 0 Å². The summed E-state index contributed by atoms with van der Waals surface area (Å²) in [6, 6.07) is 7.88. The highest BCUT2D eigenvalue weighted by Gasteiger charge is 2.32. The molecule has 1 aliphatic carbocycles. The molecule has 1 aliphatic rings. The summed E-state index contributed by atoms with van der Waals surface area (Å²) in [5.74, 6) is 0. The van der Waals surface area contributed by atoms with E-state index in [4.69, 9.17) is 0 Å². The second-order valence-electron chi connectivity index (χ2n) is 5.56. The molecular formula is C15H23NO2. The fourth-order valence-corrected chi connectivity index (χ4v) is 2.73. The molecule has 0 saturated heterocycles. The maximum Gasteiger partial charge on any atom is 0.0821 e. The van der Waals surface area contributed by atoms with Gasteiger partial charge in [0.1, 0.15) is 0 Å². The molecule has 0 aliphatic heterocycles. The molecular weight excluding hydrogens is 226 g/mol. The van der Waals surface area contributed by atoms with E-state index >= 15 is 0 Å². The summed E-state index contributed by atoms with van der Waals surface area (Å²) in [7, 11) is 2.01. The first-order valence-electron chi connectivity index (χ1n) is 6.72. The summed E-state index contributed by atoms with van der Waals surface area (Å²) in [6.07, 6.45) is 3.64. The second-order valence-corrected chi connectivity index (χ2v) is 5.56. The molecule has 3 nitrogen and oxygen atoms in total. The number of aliphatic hydroxyl groups is 2. The van der Waals surface area contributed by atoms with Crippen molar-refractivity contribution in [3.05, 3.63) is 29.8 Å². The van der Waals surface area contributed by atoms with Crippen LogP contribution in [-0.4, -0.2) is 29.4 Å². The van der Waals surface area contributed by atoms with Crippen LogP contribution in [0.25, 0.3) is 0 Å². The number of aliphatic hydroxyl groups excluding tert-OH is 1. The molecule has 0 aromatic heterocycles. The normalized spacial score (nSPS) is 19.8. The number of hydrogen-bond donors (Lipinski definition) is 2. The Morgan fingerprint density at radius 2 is 1.78 bits per heavy atom. The van der Waals surface area contributed by atoms with Gasteiger partial charge in [-0.3, -0.25) is 0 Å². The van der Waals surface area contributed by atoms with Gasteiger partial charge in [-0.05, 0) is 37.5 Å². The Kier molecular flexibility index (Phi) is 3.93. The number of benzene rings is 1. The van der Waals surface area contributed by atoms with Crippen LogP contribution in [0.4, 0.5) is 5.69 Å². The van der Waals surface area contributed by atoms with Crippen molar-refractivity contribution in [2.75, 3.05) is 18.5 Å². The van der Waals surface area contributed by atoms with Crippen LogP contribution in [-0.2, 0) is 0 Å². The molecule has 2 rings (SSSR count). The van der Waals surface area contributed by atoms with Crippen LogP contribution in [0, 0.1) is 0 Å². The van der Waals surface area contributed by atoms with Crippen molar-refractivity contribution in [2.45, 2.75) is 44.3 Å². The van der Waals surface area contributed by atoms with Crippen molar-refractivity contribution < 1.29 is 10.2 Å². The molecule has 1 fully saturated rings. The molecule has 1 aromatic carbocycles. The fraction of sp³-hybridized carbons (Fsp3) is 0.600. The van der Waals surface area contributed by atoms with Crippen LogP contribution in [0.2, 0.25) is 0 Å². The zero-order valence-electron chi connectivity index (χ0n) is 11.3. The standard InChI is InChI=1S/C15H23NO2/c1-12(17)13-5-7-14(8-6-13)16(2)11-15(18)9-3-4-10-15/h5-8,12,17-18H,3-4,9-11H2,1-2H3/t12-/m0/s1. The number of hydrogen-bond acceptors (Lipinski definition) is 3. The SMILES string of the molecule is C[C@H](O)c1ccc(N(C)CC2(O)CCCC2)cc1. The van der Waals surface area contributed by atoms with Crippen molar-refractivity contribution in [1.29, 1.82) is 0 Å². The Labute approximate surface area is 109 Å². The van der Waals surface area contributed by atoms with E-state index in [1.807, 2.05) is 31.3 Å². The first kappa shape index (κ1) is 13.4. The monoisotopic (exact) mass is 249 g/mol. The molecule has 3 heteroatoms. The Balaban J connectivity index is 2.02. The van der Waals surface area contributed by atoms with Crippen molar-refractivity contribution in [1.82, 2.24) is 0 Å². The van der Waals surface area contributed by atoms with Crippen LogP contribution >= 0.6 is 0 Å². The summed E-state index contributed by atoms with van der Waals surface area (Å²) in [5, 5.41) is 19.9. The zero-order chi connectivity index (χ0) is 13.2. The van der Waals surface area contributed by atoms with Crippen LogP contribution < -0.4 is 4.90 Å². The van der Waals surface area contributed by atoms with Crippen molar-refractivity contribution in [2.24, 2.45) is 0 Å². The largest absolute Gasteiger partial charge is 0.389 e. The van der Waals surface area contributed by atoms with Gasteiger partial charge in [0.05, 0.1) is 11.7 Å². The molecule has 1 aromatic rings. The molecule has 0 unspecified atom stereocenters. The van der Waals surface area contributed by atoms with Crippen molar-refractivity contribution >= 4 is 5.69 Å². The average Bonchev–Trinajstić information content (AvgIpc) is 2.76. The lowest BCUT2D eigenvalue weighted by Crippen LogP contribution is -2.39. The van der Waals surface area contributed by atoms with Crippen LogP contribution in [0.5, 0.6) is 0 Å². The topological polar surface area (TPSA) is 43.7 Å². The van der Waals surface area contributed by atoms with E-state index in [9.17, 15) is 10.2 Å². The Bertz CT molecular complexity index is 380. The molecule has 1 atom stereocenters. The molecule has 2 N–H and O–H groups in total. The third kappa shape index (κ3) is 3.03. The van der Waals surface area contributed by atoms with E-state index in [-0.39, 0.29) is 0 Å². The van der Waals surface area contributed by atoms with E-state index in [1.165, 1.54) is 0 Å². The van der Waals surface area contributed by atoms with E-state index in [2.05, 4.69) is 4.90 Å². The molecule has 0 heterocycles. The third-order valence-electron chi connectivity index (χ3n) is 3.88. The summed E-state index contributed by atoms with van der Waals surface area (Å²) < 4.78 is 0. The fourth-order valence-electron chi connectivity index (χ4n) is 2.73. The van der Waals surface area contributed by atoms with Gasteiger partial charge in [0.25, 0.3) is 0 Å². The van der Waals surface area contributed by atoms with Gasteiger partial charge in [-0.25, -0.2) is 0 Å². The first-order chi connectivity index (χ1) is 8.50. The minimum absolute atomic E-state index is 0.427. The highest BCUT2D eigenvalue weighted by Crippen LogP contribution is 2.31. The lowest BCUT2D eigenvalue weighted by atomic mass is 10.0. The van der Waals surface area contributed by atoms with Gasteiger partial charge >= 0.3 is 0 Å². The minimum atomic E-state index is -0.516. The lowest BCUT2D eigenvalue weighted by Gasteiger charge is -2.30. The van der Waals surface area contributed by atoms with E-state index in [0.29, 0.717) is 6.54 Å². The Hall–Kier alpha value is -1.06. The molecule has 0 amide bonds. The quantitative estimate of drug-likeness (QED) is 0.861. The minimum Gasteiger partial charge on any atom is -0.389 e. The first-order valence-corrected chi connectivity index (χ1v) is 6.72. The number of anilines is 1. The maximum atomic E-state index is 10.4. The van der Waals surface area contributed by atoms with Gasteiger partial charge in [-0.2, -0.15) is 0 Å². The van der Waals surface area contributed by atoms with Crippen molar-refractivity contribution in [3.63, 3.8) is 0 Å². The predicted molar refractivity (Wildman–Crippen MR) is 73.8 cm³/mol. The summed E-state index contributed by atoms with van der Waals surface area (Å²) in [6.45, 7) is 2.45. The zero-order valence-corrected chi connectivity index (χ0v) is 11.3. The highest BCUT2D eigenvalue weighted by molar-refractivity contribution is 5.47. The molecule has 0 spiro atoms. The van der Waals surface area contributed by atoms with E-state index in [1.54, 1.807) is 6.92 Å². The van der Waals surface area contributed by atoms with Gasteiger partial charge in [-0.15, -0.1) is 0 Å². The Morgan fingerprint density at radius 3 is 2.28 bits per heavy atom. The Morgan fingerprint density at radius 1 is 1.22 bits per heavy atom. The summed E-state index contributed by atoms with van der Waals surface area (Å²) in [5.41, 5.74) is 1.49. The van der Waals surface area contributed by atoms with Gasteiger partial charge < -0.3 is 15.1 Å². The molecule has 0 bridgehead atoms. The maximum absolute atomic E-state index is 10.4. The van der Waals surface area contributed by atoms with Crippen LogP contribution in [0.3, 0.4) is 0 Å². The van der Waals surface area contributed by atoms with Gasteiger partial charge in [-0.1, -0.05) is 25.0 Å². The molecule has 1 saturated carbocycles. The van der Waals surface area contributed by atoms with Crippen LogP contribution in [0.15, 0.2) is 24.3 Å². The summed E-state index contributed by atoms with van der Waals surface area (Å²) >= 11 is 0. The number of nitrogens with zero attached hydrogens (tertiary/aromatic N) is 1. The third-order valence-corrected chi connectivity index (χ3v) is 3.88. The van der Waals surface area contributed by atoms with Crippen molar-refractivity contribution in [3.8, 4) is 0 Å². The predicted octanol–water partition coefficient (Wildman–Crippen LogP) is 2.48. The molecule has 0 radical (unpaired) electrons. The average molecular weight is 249 g/mol. The van der Waals surface area contributed by atoms with E-state index < -0.39 is 11.7 Å². The van der Waals surface area contributed by atoms with Crippen LogP contribution in [0.1, 0.15) is 44.3 Å². The summed E-state index contributed by atoms with van der Waals surface area (Å²) in [4.78, 5) is 2.09. The van der Waals surface area contributed by atoms with Gasteiger partial charge in [0, 0.05) is 19.3 Å². The second kappa shape index (κ2) is 5.29. The number of likely N-dealkylation sites (N-methyl/N-ethyl adjacent to an activating group) is 1. The smallest absolute Gasteiger partial charge is 0.0821 e. The molecule has 18 heavy (non-hydrogen) atoms. The molecule has 100 valence electrons.